The van der Waals surface area contributed by atoms with E-state index in [4.69, 9.17) is 19.3 Å². The summed E-state index contributed by atoms with van der Waals surface area (Å²) in [6.45, 7) is 33.8. The molecule has 2 unspecified atom stereocenters. The summed E-state index contributed by atoms with van der Waals surface area (Å²) in [5.41, 5.74) is 18.6. The molecule has 10 bridgehead atoms. The van der Waals surface area contributed by atoms with Crippen molar-refractivity contribution in [3.63, 3.8) is 0 Å². The summed E-state index contributed by atoms with van der Waals surface area (Å²) in [4.78, 5) is 10.9. The van der Waals surface area contributed by atoms with Gasteiger partial charge in [0.25, 0.3) is 0 Å². The molecular weight excluding hydrogens is 816 g/mol. The van der Waals surface area contributed by atoms with Gasteiger partial charge in [0.2, 0.25) is 0 Å². The Morgan fingerprint density at radius 3 is 1.03 bits per heavy atom. The Balaban J connectivity index is 1.27. The maximum atomic E-state index is 7.97. The van der Waals surface area contributed by atoms with Gasteiger partial charge in [0.05, 0.1) is 11.4 Å². The summed E-state index contributed by atoms with van der Waals surface area (Å²) in [6, 6.07) is 43.4. The Hall–Kier alpha value is -5.62. The molecule has 2 aromatic heterocycles. The monoisotopic (exact) mass is 878 g/mol. The zero-order chi connectivity index (χ0) is 47.2. The molecular formula is C62H63BN2O2. The second-order valence-electron chi connectivity index (χ2n) is 24.1. The minimum Gasteiger partial charge on any atom is -0.394 e. The van der Waals surface area contributed by atoms with Gasteiger partial charge in [0.15, 0.2) is 0 Å². The van der Waals surface area contributed by atoms with E-state index in [2.05, 4.69) is 225 Å². The molecule has 0 radical (unpaired) electrons. The minimum atomic E-state index is -1.05. The van der Waals surface area contributed by atoms with E-state index >= 15 is 0 Å². The molecule has 0 N–H and O–H groups in total. The molecule has 5 aromatic carbocycles. The number of hydrogen-bond acceptors (Lipinski definition) is 4. The van der Waals surface area contributed by atoms with Crippen LogP contribution in [0.4, 0.5) is 0 Å². The van der Waals surface area contributed by atoms with Crippen LogP contribution in [0.15, 0.2) is 128 Å². The van der Waals surface area contributed by atoms with Gasteiger partial charge in [0.1, 0.15) is 11.2 Å². The van der Waals surface area contributed by atoms with Crippen molar-refractivity contribution in [3.8, 4) is 67.0 Å². The van der Waals surface area contributed by atoms with Gasteiger partial charge in [-0.25, -0.2) is 0 Å². The molecule has 0 saturated carbocycles. The van der Waals surface area contributed by atoms with Gasteiger partial charge in [-0.05, 0) is 149 Å². The van der Waals surface area contributed by atoms with Crippen LogP contribution < -0.4 is 5.46 Å². The van der Waals surface area contributed by atoms with Crippen LogP contribution in [-0.2, 0) is 42.2 Å². The average Bonchev–Trinajstić information content (AvgIpc) is 3.69. The lowest BCUT2D eigenvalue weighted by Gasteiger charge is -2.45. The molecule has 14 rings (SSSR count). The van der Waals surface area contributed by atoms with E-state index in [-0.39, 0.29) is 32.5 Å². The summed E-state index contributed by atoms with van der Waals surface area (Å²) >= 11 is 0. The molecule has 2 aliphatic carbocycles. The maximum absolute atomic E-state index is 7.97. The highest BCUT2D eigenvalue weighted by molar-refractivity contribution is 6.62. The van der Waals surface area contributed by atoms with Crippen LogP contribution in [0.25, 0.3) is 67.0 Å². The van der Waals surface area contributed by atoms with Crippen molar-refractivity contribution in [1.82, 2.24) is 9.97 Å². The van der Waals surface area contributed by atoms with Gasteiger partial charge >= 0.3 is 7.12 Å². The van der Waals surface area contributed by atoms with Crippen LogP contribution in [0.2, 0.25) is 0 Å². The molecule has 5 heteroatoms. The summed E-state index contributed by atoms with van der Waals surface area (Å²) < 4.78 is 15.9. The van der Waals surface area contributed by atoms with Crippen molar-refractivity contribution in [2.75, 3.05) is 0 Å². The van der Waals surface area contributed by atoms with E-state index in [0.29, 0.717) is 0 Å². The topological polar surface area (TPSA) is 44.2 Å². The van der Waals surface area contributed by atoms with E-state index in [1.54, 1.807) is 0 Å². The number of pyridine rings is 2. The van der Waals surface area contributed by atoms with E-state index in [9.17, 15) is 0 Å². The van der Waals surface area contributed by atoms with Crippen molar-refractivity contribution < 1.29 is 9.31 Å². The fourth-order valence-electron chi connectivity index (χ4n) is 13.3. The van der Waals surface area contributed by atoms with Gasteiger partial charge < -0.3 is 9.31 Å². The Bertz CT molecular complexity index is 3070. The van der Waals surface area contributed by atoms with Crippen LogP contribution in [0.5, 0.6) is 0 Å². The Labute approximate surface area is 398 Å². The molecule has 1 fully saturated rings. The SMILES string of the molecule is CC1(C)c2cc3c(cc2C(C)(C)C1(C)C)C1(C)OB2OC1(C)c1cc4c(cc1-c1ccc(cn1)-c1ccccc1-c1cc2cc(c1)-c1ccccc1-c1ccc-3nc1)C(C)(C)C(C)(C)C4(C)C. The number of nitrogens with zero attached hydrogens (tertiary/aromatic N) is 2. The van der Waals surface area contributed by atoms with Crippen LogP contribution in [0.1, 0.15) is 130 Å². The third kappa shape index (κ3) is 5.18. The molecule has 0 amide bonds. The summed E-state index contributed by atoms with van der Waals surface area (Å²) in [6.07, 6.45) is 4.15. The summed E-state index contributed by atoms with van der Waals surface area (Å²) in [7, 11) is -0.731. The Morgan fingerprint density at radius 2 is 0.687 bits per heavy atom. The lowest BCUT2D eigenvalue weighted by Crippen LogP contribution is -2.44. The minimum absolute atomic E-state index is 0.0622. The molecule has 336 valence electrons. The normalized spacial score (nSPS) is 24.1. The predicted molar refractivity (Wildman–Crippen MR) is 277 cm³/mol. The molecule has 7 heterocycles. The molecule has 5 aliphatic heterocycles. The average molecular weight is 879 g/mol. The Morgan fingerprint density at radius 1 is 0.343 bits per heavy atom. The lowest BCUT2D eigenvalue weighted by atomic mass is 9.59. The quantitative estimate of drug-likeness (QED) is 0.142. The summed E-state index contributed by atoms with van der Waals surface area (Å²) in [5, 5.41) is 0. The number of hydrogen-bond donors (Lipinski definition) is 0. The van der Waals surface area contributed by atoms with E-state index in [0.717, 1.165) is 83.6 Å². The van der Waals surface area contributed by atoms with Crippen LogP contribution >= 0.6 is 0 Å². The number of fused-ring (bicyclic) bond motifs is 6. The molecule has 7 aromatic rings. The van der Waals surface area contributed by atoms with Gasteiger partial charge in [-0.15, -0.1) is 0 Å². The predicted octanol–water partition coefficient (Wildman–Crippen LogP) is 14.9. The standard InChI is InChI=1S/C62H63BN2O2/c1-55(2)49-30-45-47(32-51(49)57(5,6)59(55,9)10)61(13)62(14)48-33-52-50(56(3,4)60(11,12)58(52,7)8)31-46(48)54-26-24-37(35-65-54)42-20-16-18-22-44(42)39-27-38(28-40(29-39)63(66-61)67-62)43-21-17-15-19-41(43)36-23-25-53(45)64-34-36/h15-35H,1-14H3. The van der Waals surface area contributed by atoms with Gasteiger partial charge in [-0.2, -0.15) is 0 Å². The zero-order valence-corrected chi connectivity index (χ0v) is 41.9. The second kappa shape index (κ2) is 13.1. The molecule has 0 spiro atoms. The number of rotatable bonds is 0. The molecule has 1 saturated heterocycles. The van der Waals surface area contributed by atoms with Crippen molar-refractivity contribution in [1.29, 1.82) is 0 Å². The highest BCUT2D eigenvalue weighted by atomic mass is 16.7. The van der Waals surface area contributed by atoms with Crippen LogP contribution in [0, 0.1) is 10.8 Å². The smallest absolute Gasteiger partial charge is 0.394 e. The second-order valence-corrected chi connectivity index (χ2v) is 24.1. The van der Waals surface area contributed by atoms with Crippen LogP contribution in [0.3, 0.4) is 0 Å². The van der Waals surface area contributed by atoms with E-state index in [1.807, 2.05) is 0 Å². The third-order valence-electron chi connectivity index (χ3n) is 20.3. The Kier molecular flexibility index (Phi) is 8.37. The maximum Gasteiger partial charge on any atom is 0.495 e. The first-order chi connectivity index (χ1) is 31.5. The number of benzene rings is 5. The highest BCUT2D eigenvalue weighted by Gasteiger charge is 2.64. The molecule has 4 nitrogen and oxygen atoms in total. The first-order valence-electron chi connectivity index (χ1n) is 24.5. The largest absolute Gasteiger partial charge is 0.495 e. The molecule has 2 atom stereocenters. The third-order valence-corrected chi connectivity index (χ3v) is 20.3. The van der Waals surface area contributed by atoms with Gasteiger partial charge in [0, 0.05) is 34.6 Å². The van der Waals surface area contributed by atoms with Gasteiger partial charge in [-0.1, -0.05) is 168 Å². The lowest BCUT2D eigenvalue weighted by molar-refractivity contribution is -0.0315. The molecule has 7 aliphatic rings. The number of aromatic nitrogens is 2. The first kappa shape index (κ1) is 42.7. The van der Waals surface area contributed by atoms with Gasteiger partial charge in [-0.3, -0.25) is 9.97 Å². The van der Waals surface area contributed by atoms with Crippen molar-refractivity contribution in [3.05, 3.63) is 161 Å². The van der Waals surface area contributed by atoms with Crippen LogP contribution in [-0.4, -0.2) is 17.1 Å². The highest BCUT2D eigenvalue weighted by Crippen LogP contribution is 2.66. The summed E-state index contributed by atoms with van der Waals surface area (Å²) in [5.74, 6) is 0. The fourth-order valence-corrected chi connectivity index (χ4v) is 13.3. The zero-order valence-electron chi connectivity index (χ0n) is 41.9. The van der Waals surface area contributed by atoms with Crippen molar-refractivity contribution in [2.45, 2.75) is 130 Å². The van der Waals surface area contributed by atoms with E-state index < -0.39 is 18.3 Å². The van der Waals surface area contributed by atoms with E-state index in [1.165, 1.54) is 22.3 Å². The fraction of sp³-hybridized carbons (Fsp3) is 0.355. The van der Waals surface area contributed by atoms with Crippen molar-refractivity contribution in [2.24, 2.45) is 10.8 Å². The first-order valence-corrected chi connectivity index (χ1v) is 24.5. The molecule has 67 heavy (non-hydrogen) atoms. The van der Waals surface area contributed by atoms with Crippen molar-refractivity contribution >= 4 is 12.6 Å².